The Hall–Kier alpha value is -3.42. The number of methoxy groups -OCH3 is 1. The Kier molecular flexibility index (Phi) is 5.65. The second-order valence-electron chi connectivity index (χ2n) is 7.39. The van der Waals surface area contributed by atoms with Gasteiger partial charge in [0.1, 0.15) is 18.0 Å². The summed E-state index contributed by atoms with van der Waals surface area (Å²) in [5.74, 6) is -0.367. The average Bonchev–Trinajstić information content (AvgIpc) is 3.48. The summed E-state index contributed by atoms with van der Waals surface area (Å²) in [5, 5.41) is 13.6. The molecule has 3 aromatic rings. The zero-order valence-corrected chi connectivity index (χ0v) is 16.5. The van der Waals surface area contributed by atoms with Crippen LogP contribution >= 0.6 is 0 Å². The number of aliphatic carboxylic acids is 1. The van der Waals surface area contributed by atoms with E-state index < -0.39 is 11.8 Å². The average molecular weight is 411 g/mol. The predicted molar refractivity (Wildman–Crippen MR) is 106 cm³/mol. The number of benzene rings is 1. The van der Waals surface area contributed by atoms with Gasteiger partial charge in [0.15, 0.2) is 5.82 Å². The van der Waals surface area contributed by atoms with Gasteiger partial charge >= 0.3 is 5.97 Å². The van der Waals surface area contributed by atoms with Crippen LogP contribution in [0.4, 0.5) is 4.39 Å². The number of carboxylic acids is 1. The van der Waals surface area contributed by atoms with E-state index in [1.165, 1.54) is 17.9 Å². The third-order valence-corrected chi connectivity index (χ3v) is 5.17. The molecule has 0 radical (unpaired) electrons. The third kappa shape index (κ3) is 4.59. The highest BCUT2D eigenvalue weighted by Gasteiger charge is 2.36. The van der Waals surface area contributed by atoms with Crippen LogP contribution in [0, 0.1) is 17.7 Å². The number of pyridine rings is 1. The van der Waals surface area contributed by atoms with Crippen molar-refractivity contribution in [3.05, 3.63) is 65.9 Å². The molecule has 0 bridgehead atoms. The van der Waals surface area contributed by atoms with Crippen LogP contribution in [0.5, 0.6) is 11.6 Å². The lowest BCUT2D eigenvalue weighted by Crippen LogP contribution is -2.18. The number of rotatable bonds is 9. The fraction of sp³-hybridized carbons (Fsp3) is 0.318. The quantitative estimate of drug-likeness (QED) is 0.578. The van der Waals surface area contributed by atoms with Crippen LogP contribution in [0.1, 0.15) is 24.0 Å². The summed E-state index contributed by atoms with van der Waals surface area (Å²) in [6, 6.07) is 8.95. The van der Waals surface area contributed by atoms with Crippen molar-refractivity contribution < 1.29 is 23.8 Å². The first-order valence-electron chi connectivity index (χ1n) is 9.71. The zero-order chi connectivity index (χ0) is 21.1. The van der Waals surface area contributed by atoms with E-state index >= 15 is 0 Å². The number of halogens is 1. The second kappa shape index (κ2) is 8.52. The van der Waals surface area contributed by atoms with Gasteiger partial charge in [-0.1, -0.05) is 12.1 Å². The van der Waals surface area contributed by atoms with Crippen LogP contribution in [0.2, 0.25) is 0 Å². The number of carboxylic acid groups (broad SMARTS) is 1. The molecule has 1 N–H and O–H groups in total. The summed E-state index contributed by atoms with van der Waals surface area (Å²) in [5.41, 5.74) is 1.93. The number of aromatic nitrogens is 3. The molecular weight excluding hydrogens is 389 g/mol. The molecule has 2 heterocycles. The van der Waals surface area contributed by atoms with Crippen molar-refractivity contribution >= 4 is 5.97 Å². The number of hydrogen-bond donors (Lipinski definition) is 1. The molecule has 1 atom stereocenters. The highest BCUT2D eigenvalue weighted by atomic mass is 19.1. The highest BCUT2D eigenvalue weighted by Crippen LogP contribution is 2.39. The second-order valence-corrected chi connectivity index (χ2v) is 7.39. The Morgan fingerprint density at radius 1 is 1.30 bits per heavy atom. The largest absolute Gasteiger partial charge is 0.489 e. The molecule has 1 aromatic carbocycles. The van der Waals surface area contributed by atoms with E-state index in [2.05, 4.69) is 10.1 Å². The summed E-state index contributed by atoms with van der Waals surface area (Å²) in [7, 11) is 1.46. The van der Waals surface area contributed by atoms with Crippen LogP contribution < -0.4 is 9.47 Å². The number of ether oxygens (including phenoxy) is 2. The summed E-state index contributed by atoms with van der Waals surface area (Å²) < 4.78 is 26.3. The first-order chi connectivity index (χ1) is 14.5. The van der Waals surface area contributed by atoms with Gasteiger partial charge in [-0.05, 0) is 42.9 Å². The molecule has 0 aliphatic heterocycles. The van der Waals surface area contributed by atoms with Crippen LogP contribution in [0.25, 0.3) is 5.69 Å². The Morgan fingerprint density at radius 2 is 2.13 bits per heavy atom. The maximum absolute atomic E-state index is 14.1. The molecular formula is C22H22FN3O4. The fourth-order valence-corrected chi connectivity index (χ4v) is 3.40. The third-order valence-electron chi connectivity index (χ3n) is 5.17. The molecule has 1 unspecified atom stereocenters. The first kappa shape index (κ1) is 19.9. The van der Waals surface area contributed by atoms with Gasteiger partial charge in [0, 0.05) is 17.8 Å². The fourth-order valence-electron chi connectivity index (χ4n) is 3.40. The summed E-state index contributed by atoms with van der Waals surface area (Å²) >= 11 is 0. The van der Waals surface area contributed by atoms with Crippen molar-refractivity contribution in [3.63, 3.8) is 0 Å². The minimum Gasteiger partial charge on any atom is -0.489 e. The Balaban J connectivity index is 1.41. The van der Waals surface area contributed by atoms with Crippen molar-refractivity contribution in [2.75, 3.05) is 7.11 Å². The number of nitrogens with zero attached hydrogens (tertiary/aromatic N) is 3. The molecule has 1 aliphatic rings. The van der Waals surface area contributed by atoms with Crippen molar-refractivity contribution in [1.29, 1.82) is 0 Å². The lowest BCUT2D eigenvalue weighted by Gasteiger charge is -2.12. The predicted octanol–water partition coefficient (Wildman–Crippen LogP) is 3.65. The minimum absolute atomic E-state index is 0.231. The van der Waals surface area contributed by atoms with E-state index in [0.29, 0.717) is 18.1 Å². The maximum atomic E-state index is 14.1. The van der Waals surface area contributed by atoms with Gasteiger partial charge < -0.3 is 14.6 Å². The molecule has 1 fully saturated rings. The molecule has 7 nitrogen and oxygen atoms in total. The van der Waals surface area contributed by atoms with E-state index in [-0.39, 0.29) is 24.1 Å². The normalized spacial score (nSPS) is 14.3. The molecule has 8 heteroatoms. The van der Waals surface area contributed by atoms with Crippen LogP contribution in [0.15, 0.2) is 48.9 Å². The molecule has 1 aliphatic carbocycles. The van der Waals surface area contributed by atoms with E-state index in [9.17, 15) is 14.3 Å². The SMILES string of the molecule is COc1cc(-n2cc(COc3cccc(CC(C(=O)O)C4CC4)c3)cn2)c(F)cn1. The van der Waals surface area contributed by atoms with Crippen molar-refractivity contribution in [3.8, 4) is 17.3 Å². The monoisotopic (exact) mass is 411 g/mol. The molecule has 0 amide bonds. The summed E-state index contributed by atoms with van der Waals surface area (Å²) in [6.45, 7) is 0.248. The van der Waals surface area contributed by atoms with Crippen LogP contribution in [0.3, 0.4) is 0 Å². The zero-order valence-electron chi connectivity index (χ0n) is 16.5. The molecule has 30 heavy (non-hydrogen) atoms. The van der Waals surface area contributed by atoms with Crippen molar-refractivity contribution in [2.24, 2.45) is 11.8 Å². The van der Waals surface area contributed by atoms with Crippen molar-refractivity contribution in [2.45, 2.75) is 25.9 Å². The van der Waals surface area contributed by atoms with Gasteiger partial charge in [0.05, 0.1) is 25.4 Å². The molecule has 1 saturated carbocycles. The first-order valence-corrected chi connectivity index (χ1v) is 9.71. The van der Waals surface area contributed by atoms with Crippen LogP contribution in [-0.2, 0) is 17.8 Å². The Labute approximate surface area is 173 Å². The highest BCUT2D eigenvalue weighted by molar-refractivity contribution is 5.71. The number of hydrogen-bond acceptors (Lipinski definition) is 5. The minimum atomic E-state index is -0.740. The van der Waals surface area contributed by atoms with Gasteiger partial charge in [-0.25, -0.2) is 14.1 Å². The van der Waals surface area contributed by atoms with E-state index in [1.807, 2.05) is 24.3 Å². The standard InChI is InChI=1S/C22H22FN3O4/c1-29-21-9-20(19(23)11-24-21)26-12-15(10-25-26)13-30-17-4-2-3-14(7-17)8-18(22(27)28)16-5-6-16/h2-4,7,9-12,16,18H,5-6,8,13H2,1H3,(H,27,28). The van der Waals surface area contributed by atoms with Gasteiger partial charge in [0.2, 0.25) is 5.88 Å². The molecule has 4 rings (SSSR count). The van der Waals surface area contributed by atoms with E-state index in [1.54, 1.807) is 12.4 Å². The van der Waals surface area contributed by atoms with E-state index in [0.717, 1.165) is 30.2 Å². The molecule has 2 aromatic heterocycles. The van der Waals surface area contributed by atoms with E-state index in [4.69, 9.17) is 9.47 Å². The maximum Gasteiger partial charge on any atom is 0.307 e. The van der Waals surface area contributed by atoms with Gasteiger partial charge in [-0.3, -0.25) is 4.79 Å². The summed E-state index contributed by atoms with van der Waals surface area (Å²) in [6.07, 6.45) is 6.84. The topological polar surface area (TPSA) is 86.5 Å². The van der Waals surface area contributed by atoms with Crippen molar-refractivity contribution in [1.82, 2.24) is 14.8 Å². The Bertz CT molecular complexity index is 1050. The Morgan fingerprint density at radius 3 is 2.87 bits per heavy atom. The van der Waals surface area contributed by atoms with Gasteiger partial charge in [-0.2, -0.15) is 5.10 Å². The molecule has 156 valence electrons. The van der Waals surface area contributed by atoms with Gasteiger partial charge in [0.25, 0.3) is 0 Å². The smallest absolute Gasteiger partial charge is 0.307 e. The summed E-state index contributed by atoms with van der Waals surface area (Å²) in [4.78, 5) is 15.3. The number of carbonyl (C=O) groups is 1. The van der Waals surface area contributed by atoms with Crippen LogP contribution in [-0.4, -0.2) is 33.0 Å². The van der Waals surface area contributed by atoms with Gasteiger partial charge in [-0.15, -0.1) is 0 Å². The lowest BCUT2D eigenvalue weighted by molar-refractivity contribution is -0.142. The molecule has 0 spiro atoms. The molecule has 0 saturated heterocycles. The lowest BCUT2D eigenvalue weighted by atomic mass is 9.95.